The zero-order chi connectivity index (χ0) is 25.1. The minimum absolute atomic E-state index is 0.00113. The number of ketones is 1. The molecular weight excluding hydrogens is 474 g/mol. The average Bonchev–Trinajstić information content (AvgIpc) is 2.78. The number of rotatable bonds is 9. The second kappa shape index (κ2) is 9.90. The molecular formula is C25H24NO6S2-. The van der Waals surface area contributed by atoms with Gasteiger partial charge in [-0.25, -0.2) is 16.8 Å². The van der Waals surface area contributed by atoms with Gasteiger partial charge in [-0.05, 0) is 49.6 Å². The van der Waals surface area contributed by atoms with E-state index in [1.807, 2.05) is 13.8 Å². The molecule has 3 aromatic rings. The molecule has 7 nitrogen and oxygen atoms in total. The van der Waals surface area contributed by atoms with Crippen molar-refractivity contribution < 1.29 is 26.7 Å². The van der Waals surface area contributed by atoms with Crippen LogP contribution in [0.3, 0.4) is 0 Å². The van der Waals surface area contributed by atoms with Crippen LogP contribution in [-0.4, -0.2) is 40.0 Å². The SMILES string of the molecule is Cc1ccc(S(=O)(=O)CC(CS(=O)(=O)c2ccc(C)cc2)C(=O)c2ccc(C(=N)[O-])cc2)cc1. The Morgan fingerprint density at radius 2 is 1.06 bits per heavy atom. The summed E-state index contributed by atoms with van der Waals surface area (Å²) >= 11 is 0. The quantitative estimate of drug-likeness (QED) is 0.274. The van der Waals surface area contributed by atoms with Crippen LogP contribution in [0.25, 0.3) is 0 Å². The van der Waals surface area contributed by atoms with E-state index in [2.05, 4.69) is 0 Å². The van der Waals surface area contributed by atoms with Crippen molar-refractivity contribution in [1.29, 1.82) is 5.41 Å². The smallest absolute Gasteiger partial charge is 0.179 e. The summed E-state index contributed by atoms with van der Waals surface area (Å²) in [6.45, 7) is 3.62. The fourth-order valence-corrected chi connectivity index (χ4v) is 6.67. The Balaban J connectivity index is 1.99. The first-order chi connectivity index (χ1) is 15.9. The number of carbonyl (C=O) groups is 1. The highest BCUT2D eigenvalue weighted by atomic mass is 32.2. The van der Waals surface area contributed by atoms with Crippen molar-refractivity contribution in [3.63, 3.8) is 0 Å². The molecule has 0 spiro atoms. The van der Waals surface area contributed by atoms with E-state index in [0.717, 1.165) is 11.1 Å². The third-order valence-corrected chi connectivity index (χ3v) is 9.07. The lowest BCUT2D eigenvalue weighted by Crippen LogP contribution is -2.31. The molecule has 9 heteroatoms. The number of hydrogen-bond donors (Lipinski definition) is 1. The normalized spacial score (nSPS) is 12.0. The molecule has 0 fully saturated rings. The van der Waals surface area contributed by atoms with Gasteiger partial charge < -0.3 is 10.5 Å². The summed E-state index contributed by atoms with van der Waals surface area (Å²) in [4.78, 5) is 13.3. The highest BCUT2D eigenvalue weighted by Crippen LogP contribution is 2.23. The number of Topliss-reactive ketones (excluding diaryl/α,β-unsaturated/α-hetero) is 1. The predicted molar refractivity (Wildman–Crippen MR) is 128 cm³/mol. The number of hydrogen-bond acceptors (Lipinski definition) is 7. The molecule has 0 unspecified atom stereocenters. The van der Waals surface area contributed by atoms with Gasteiger partial charge in [-0.1, -0.05) is 59.7 Å². The molecule has 0 aromatic heterocycles. The van der Waals surface area contributed by atoms with Crippen LogP contribution in [0.2, 0.25) is 0 Å². The maximum atomic E-state index is 13.3. The third-order valence-electron chi connectivity index (χ3n) is 5.40. The Morgan fingerprint density at radius 1 is 0.706 bits per heavy atom. The molecule has 0 saturated carbocycles. The lowest BCUT2D eigenvalue weighted by molar-refractivity contribution is -0.214. The van der Waals surface area contributed by atoms with Gasteiger partial charge in [-0.3, -0.25) is 4.79 Å². The van der Waals surface area contributed by atoms with Gasteiger partial charge in [0.1, 0.15) is 0 Å². The largest absolute Gasteiger partial charge is 0.859 e. The Bertz CT molecular complexity index is 1330. The van der Waals surface area contributed by atoms with Crippen LogP contribution in [0.1, 0.15) is 27.0 Å². The maximum Gasteiger partial charge on any atom is 0.179 e. The summed E-state index contributed by atoms with van der Waals surface area (Å²) < 4.78 is 52.3. The molecule has 178 valence electrons. The lowest BCUT2D eigenvalue weighted by atomic mass is 10.00. The summed E-state index contributed by atoms with van der Waals surface area (Å²) in [5, 5.41) is 18.4. The van der Waals surface area contributed by atoms with Crippen molar-refractivity contribution >= 4 is 31.4 Å². The number of aryl methyl sites for hydroxylation is 2. The van der Waals surface area contributed by atoms with Gasteiger partial charge in [0.15, 0.2) is 25.5 Å². The van der Waals surface area contributed by atoms with Crippen molar-refractivity contribution in [1.82, 2.24) is 0 Å². The van der Waals surface area contributed by atoms with E-state index >= 15 is 0 Å². The van der Waals surface area contributed by atoms with Crippen LogP contribution in [0, 0.1) is 25.2 Å². The third kappa shape index (κ3) is 5.98. The van der Waals surface area contributed by atoms with Crippen LogP contribution < -0.4 is 5.11 Å². The van der Waals surface area contributed by atoms with Crippen molar-refractivity contribution in [3.8, 4) is 0 Å². The van der Waals surface area contributed by atoms with Gasteiger partial charge in [0, 0.05) is 5.56 Å². The topological polar surface area (TPSA) is 132 Å². The highest BCUT2D eigenvalue weighted by Gasteiger charge is 2.32. The fourth-order valence-electron chi connectivity index (χ4n) is 3.43. The van der Waals surface area contributed by atoms with E-state index in [9.17, 15) is 26.7 Å². The molecule has 3 aromatic carbocycles. The first-order valence-electron chi connectivity index (χ1n) is 10.4. The van der Waals surface area contributed by atoms with E-state index in [-0.39, 0.29) is 20.9 Å². The molecule has 0 aliphatic carbocycles. The standard InChI is InChI=1S/C25H25NO6S2/c1-17-3-11-22(12-4-17)33(29,30)15-21(16-34(31,32)23-13-5-18(2)6-14-23)24(27)19-7-9-20(10-8-19)25(26)28/h3-14,21H,15-16H2,1-2H3,(H2,26,28)/p-1. The molecule has 0 amide bonds. The van der Waals surface area contributed by atoms with Crippen LogP contribution in [0.15, 0.2) is 82.6 Å². The molecule has 0 atom stereocenters. The minimum Gasteiger partial charge on any atom is -0.859 e. The van der Waals surface area contributed by atoms with Crippen molar-refractivity contribution in [2.24, 2.45) is 5.92 Å². The highest BCUT2D eigenvalue weighted by molar-refractivity contribution is 7.92. The molecule has 0 bridgehead atoms. The number of sulfone groups is 2. The van der Waals surface area contributed by atoms with E-state index < -0.39 is 48.8 Å². The monoisotopic (exact) mass is 498 g/mol. The van der Waals surface area contributed by atoms with Crippen molar-refractivity contribution in [2.75, 3.05) is 11.5 Å². The van der Waals surface area contributed by atoms with Crippen LogP contribution in [-0.2, 0) is 19.7 Å². The van der Waals surface area contributed by atoms with E-state index in [4.69, 9.17) is 5.41 Å². The second-order valence-corrected chi connectivity index (χ2v) is 12.2. The van der Waals surface area contributed by atoms with Gasteiger partial charge in [0.2, 0.25) is 0 Å². The molecule has 0 aliphatic heterocycles. The Labute approximate surface area is 199 Å². The van der Waals surface area contributed by atoms with Gasteiger partial charge in [0.25, 0.3) is 0 Å². The average molecular weight is 499 g/mol. The fraction of sp³-hybridized carbons (Fsp3) is 0.200. The second-order valence-electron chi connectivity index (χ2n) is 8.16. The van der Waals surface area contributed by atoms with E-state index in [1.165, 1.54) is 48.5 Å². The van der Waals surface area contributed by atoms with Gasteiger partial charge in [-0.2, -0.15) is 0 Å². The summed E-state index contributed by atoms with van der Waals surface area (Å²) in [5.74, 6) is -4.37. The first-order valence-corrected chi connectivity index (χ1v) is 13.7. The van der Waals surface area contributed by atoms with Crippen LogP contribution in [0.4, 0.5) is 0 Å². The molecule has 1 N–H and O–H groups in total. The zero-order valence-electron chi connectivity index (χ0n) is 18.7. The minimum atomic E-state index is -3.98. The van der Waals surface area contributed by atoms with Gasteiger partial charge >= 0.3 is 0 Å². The number of carbonyl (C=O) groups excluding carboxylic acids is 1. The van der Waals surface area contributed by atoms with Gasteiger partial charge in [0.05, 0.1) is 27.2 Å². The molecule has 0 heterocycles. The zero-order valence-corrected chi connectivity index (χ0v) is 20.3. The van der Waals surface area contributed by atoms with E-state index in [1.54, 1.807) is 24.3 Å². The van der Waals surface area contributed by atoms with Crippen molar-refractivity contribution in [3.05, 3.63) is 95.1 Å². The van der Waals surface area contributed by atoms with Gasteiger partial charge in [-0.15, -0.1) is 0 Å². The van der Waals surface area contributed by atoms with E-state index in [0.29, 0.717) is 0 Å². The number of nitrogens with one attached hydrogen (secondary N) is 1. The maximum absolute atomic E-state index is 13.3. The Kier molecular flexibility index (Phi) is 7.38. The Hall–Kier alpha value is -3.30. The summed E-state index contributed by atoms with van der Waals surface area (Å²) in [6.07, 6.45) is 0. The summed E-state index contributed by atoms with van der Waals surface area (Å²) in [5.41, 5.74) is 1.84. The Morgan fingerprint density at radius 3 is 1.41 bits per heavy atom. The van der Waals surface area contributed by atoms with Crippen LogP contribution >= 0.6 is 0 Å². The van der Waals surface area contributed by atoms with Crippen LogP contribution in [0.5, 0.6) is 0 Å². The molecule has 3 rings (SSSR count). The lowest BCUT2D eigenvalue weighted by Gasteiger charge is -2.17. The molecule has 0 saturated heterocycles. The molecule has 34 heavy (non-hydrogen) atoms. The molecule has 0 aliphatic rings. The summed E-state index contributed by atoms with van der Waals surface area (Å²) in [7, 11) is -7.96. The first kappa shape index (κ1) is 25.3. The van der Waals surface area contributed by atoms with Crippen molar-refractivity contribution in [2.45, 2.75) is 23.6 Å². The predicted octanol–water partition coefficient (Wildman–Crippen LogP) is 2.74. The number of benzene rings is 3. The molecule has 0 radical (unpaired) electrons. The summed E-state index contributed by atoms with van der Waals surface area (Å²) in [6, 6.07) is 17.4.